The fraction of sp³-hybridized carbons (Fsp3) is 1.00. The molecule has 1 aliphatic heterocycles. The van der Waals surface area contributed by atoms with Crippen molar-refractivity contribution in [1.82, 2.24) is 16.0 Å². The summed E-state index contributed by atoms with van der Waals surface area (Å²) < 4.78 is 0. The van der Waals surface area contributed by atoms with E-state index in [0.717, 1.165) is 13.1 Å². The van der Waals surface area contributed by atoms with Gasteiger partial charge in [-0.15, -0.1) is 0 Å². The van der Waals surface area contributed by atoms with Crippen LogP contribution in [0.15, 0.2) is 0 Å². The highest BCUT2D eigenvalue weighted by molar-refractivity contribution is 4.66. The van der Waals surface area contributed by atoms with E-state index < -0.39 is 0 Å². The molecule has 1 aliphatic rings. The van der Waals surface area contributed by atoms with Crippen molar-refractivity contribution in [3.05, 3.63) is 0 Å². The molecule has 3 heteroatoms. The van der Waals surface area contributed by atoms with Crippen LogP contribution < -0.4 is 11.1 Å². The minimum absolute atomic E-state index is 0.500. The number of hydrogen-bond acceptors (Lipinski definition) is 2. The summed E-state index contributed by atoms with van der Waals surface area (Å²) in [5, 5.41) is 3.23. The average Bonchev–Trinajstić information content (AvgIpc) is 2.50. The first-order valence-corrected chi connectivity index (χ1v) is 4.51. The SMILES string of the molecule is [NH]CCNCCN1CCCC1. The second kappa shape index (κ2) is 5.52. The minimum Gasteiger partial charge on any atom is -0.314 e. The van der Waals surface area contributed by atoms with E-state index >= 15 is 0 Å². The molecule has 2 N–H and O–H groups in total. The summed E-state index contributed by atoms with van der Waals surface area (Å²) in [6.07, 6.45) is 2.75. The Bertz CT molecular complexity index is 89.3. The fourth-order valence-electron chi connectivity index (χ4n) is 1.46. The highest BCUT2D eigenvalue weighted by Gasteiger charge is 2.09. The van der Waals surface area contributed by atoms with Gasteiger partial charge in [0.1, 0.15) is 0 Å². The molecular weight excluding hydrogens is 138 g/mol. The van der Waals surface area contributed by atoms with Crippen molar-refractivity contribution in [3.8, 4) is 0 Å². The van der Waals surface area contributed by atoms with E-state index in [1.807, 2.05) is 0 Å². The summed E-state index contributed by atoms with van der Waals surface area (Å²) in [6.45, 7) is 6.12. The van der Waals surface area contributed by atoms with Gasteiger partial charge in [0, 0.05) is 26.2 Å². The summed E-state index contributed by atoms with van der Waals surface area (Å²) in [5.41, 5.74) is 6.91. The third-order valence-electron chi connectivity index (χ3n) is 2.11. The van der Waals surface area contributed by atoms with E-state index in [9.17, 15) is 0 Å². The van der Waals surface area contributed by atoms with E-state index in [2.05, 4.69) is 10.2 Å². The molecule has 3 nitrogen and oxygen atoms in total. The lowest BCUT2D eigenvalue weighted by atomic mass is 10.4. The van der Waals surface area contributed by atoms with E-state index in [1.54, 1.807) is 0 Å². The predicted octanol–water partition coefficient (Wildman–Crippen LogP) is -0.0453. The molecule has 0 spiro atoms. The maximum atomic E-state index is 6.91. The maximum absolute atomic E-state index is 6.91. The molecule has 65 valence electrons. The van der Waals surface area contributed by atoms with Gasteiger partial charge in [0.15, 0.2) is 0 Å². The number of rotatable bonds is 5. The predicted molar refractivity (Wildman–Crippen MR) is 46.5 cm³/mol. The molecule has 11 heavy (non-hydrogen) atoms. The first kappa shape index (κ1) is 8.97. The van der Waals surface area contributed by atoms with E-state index in [4.69, 9.17) is 5.73 Å². The molecule has 1 fully saturated rings. The Morgan fingerprint density at radius 2 is 1.91 bits per heavy atom. The summed E-state index contributed by atoms with van der Waals surface area (Å²) in [7, 11) is 0. The molecule has 0 amide bonds. The van der Waals surface area contributed by atoms with Gasteiger partial charge < -0.3 is 10.2 Å². The third kappa shape index (κ3) is 3.70. The molecule has 0 unspecified atom stereocenters. The van der Waals surface area contributed by atoms with Gasteiger partial charge in [-0.3, -0.25) is 5.73 Å². The molecule has 0 aromatic heterocycles. The Morgan fingerprint density at radius 1 is 1.18 bits per heavy atom. The number of hydrogen-bond donors (Lipinski definition) is 1. The molecule has 1 saturated heterocycles. The van der Waals surface area contributed by atoms with Gasteiger partial charge in [0.25, 0.3) is 0 Å². The zero-order valence-electron chi connectivity index (χ0n) is 7.10. The van der Waals surface area contributed by atoms with Gasteiger partial charge in [-0.2, -0.15) is 0 Å². The summed E-state index contributed by atoms with van der Waals surface area (Å²) >= 11 is 0. The van der Waals surface area contributed by atoms with Gasteiger partial charge in [-0.05, 0) is 25.9 Å². The second-order valence-corrected chi connectivity index (χ2v) is 3.05. The lowest BCUT2D eigenvalue weighted by Gasteiger charge is -2.13. The third-order valence-corrected chi connectivity index (χ3v) is 2.11. The van der Waals surface area contributed by atoms with Crippen molar-refractivity contribution in [3.63, 3.8) is 0 Å². The Hall–Kier alpha value is -0.120. The molecule has 0 aliphatic carbocycles. The summed E-state index contributed by atoms with van der Waals surface area (Å²) in [4.78, 5) is 2.48. The van der Waals surface area contributed by atoms with Gasteiger partial charge in [-0.1, -0.05) is 0 Å². The van der Waals surface area contributed by atoms with E-state index in [-0.39, 0.29) is 0 Å². The molecule has 1 radical (unpaired) electrons. The first-order valence-electron chi connectivity index (χ1n) is 4.51. The molecule has 0 aromatic carbocycles. The fourth-order valence-corrected chi connectivity index (χ4v) is 1.46. The molecule has 0 saturated carbocycles. The Balaban J connectivity index is 1.86. The zero-order valence-corrected chi connectivity index (χ0v) is 7.10. The number of nitrogens with zero attached hydrogens (tertiary/aromatic N) is 1. The maximum Gasteiger partial charge on any atom is 0.0225 e. The van der Waals surface area contributed by atoms with Crippen molar-refractivity contribution in [2.45, 2.75) is 12.8 Å². The molecular formula is C8H18N3. The quantitative estimate of drug-likeness (QED) is 0.567. The smallest absolute Gasteiger partial charge is 0.0225 e. The van der Waals surface area contributed by atoms with Crippen LogP contribution in [0.5, 0.6) is 0 Å². The van der Waals surface area contributed by atoms with Crippen LogP contribution in [0, 0.1) is 0 Å². The van der Waals surface area contributed by atoms with Gasteiger partial charge in [0.05, 0.1) is 0 Å². The summed E-state index contributed by atoms with van der Waals surface area (Å²) in [6, 6.07) is 0. The van der Waals surface area contributed by atoms with E-state index in [0.29, 0.717) is 6.54 Å². The van der Waals surface area contributed by atoms with Crippen molar-refractivity contribution in [2.75, 3.05) is 39.3 Å². The van der Waals surface area contributed by atoms with Crippen LogP contribution in [0.3, 0.4) is 0 Å². The van der Waals surface area contributed by atoms with Crippen molar-refractivity contribution >= 4 is 0 Å². The first-order chi connectivity index (χ1) is 5.43. The van der Waals surface area contributed by atoms with Gasteiger partial charge in [0.2, 0.25) is 0 Å². The molecule has 0 bridgehead atoms. The summed E-state index contributed by atoms with van der Waals surface area (Å²) in [5.74, 6) is 0. The highest BCUT2D eigenvalue weighted by atomic mass is 15.1. The molecule has 0 aromatic rings. The minimum atomic E-state index is 0.500. The van der Waals surface area contributed by atoms with Crippen LogP contribution in [0.25, 0.3) is 0 Å². The van der Waals surface area contributed by atoms with E-state index in [1.165, 1.54) is 32.5 Å². The lowest BCUT2D eigenvalue weighted by Crippen LogP contribution is -2.31. The van der Waals surface area contributed by atoms with Crippen LogP contribution in [-0.4, -0.2) is 44.2 Å². The van der Waals surface area contributed by atoms with Crippen LogP contribution in [0.4, 0.5) is 0 Å². The van der Waals surface area contributed by atoms with Gasteiger partial charge in [-0.25, -0.2) is 0 Å². The second-order valence-electron chi connectivity index (χ2n) is 3.05. The molecule has 0 atom stereocenters. The number of likely N-dealkylation sites (tertiary alicyclic amines) is 1. The number of nitrogens with one attached hydrogen (secondary N) is 2. The van der Waals surface area contributed by atoms with Crippen molar-refractivity contribution < 1.29 is 0 Å². The largest absolute Gasteiger partial charge is 0.314 e. The van der Waals surface area contributed by atoms with Crippen molar-refractivity contribution in [1.29, 1.82) is 0 Å². The topological polar surface area (TPSA) is 39.1 Å². The zero-order chi connectivity index (χ0) is 7.94. The van der Waals surface area contributed by atoms with Crippen LogP contribution in [0.1, 0.15) is 12.8 Å². The lowest BCUT2D eigenvalue weighted by molar-refractivity contribution is 0.336. The van der Waals surface area contributed by atoms with Gasteiger partial charge >= 0.3 is 0 Å². The monoisotopic (exact) mass is 156 g/mol. The molecule has 1 heterocycles. The van der Waals surface area contributed by atoms with Crippen LogP contribution in [0.2, 0.25) is 0 Å². The Labute approximate surface area is 68.9 Å². The Morgan fingerprint density at radius 3 is 2.55 bits per heavy atom. The normalized spacial score (nSPS) is 19.4. The highest BCUT2D eigenvalue weighted by Crippen LogP contribution is 2.05. The van der Waals surface area contributed by atoms with Crippen LogP contribution >= 0.6 is 0 Å². The Kier molecular flexibility index (Phi) is 4.50. The van der Waals surface area contributed by atoms with Crippen molar-refractivity contribution in [2.24, 2.45) is 0 Å². The van der Waals surface area contributed by atoms with Crippen LogP contribution in [-0.2, 0) is 0 Å². The average molecular weight is 156 g/mol. The molecule has 1 rings (SSSR count). The standard InChI is InChI=1S/C8H18N3/c9-3-4-10-5-8-11-6-1-2-7-11/h9-10H,1-8H2.